The summed E-state index contributed by atoms with van der Waals surface area (Å²) in [7, 11) is 3.55. The lowest BCUT2D eigenvalue weighted by Crippen LogP contribution is -2.38. The van der Waals surface area contributed by atoms with Gasteiger partial charge in [0.1, 0.15) is 0 Å². The Morgan fingerprint density at radius 2 is 2.07 bits per heavy atom. The van der Waals surface area contributed by atoms with Crippen LogP contribution in [0.15, 0.2) is 0 Å². The first-order valence-electron chi connectivity index (χ1n) is 4.29. The number of urea groups is 1. The summed E-state index contributed by atoms with van der Waals surface area (Å²) in [6.45, 7) is 0.481. The average molecular weight is 222 g/mol. The lowest BCUT2D eigenvalue weighted by molar-refractivity contribution is -0.324. The van der Waals surface area contributed by atoms with Gasteiger partial charge >= 0.3 is 6.03 Å². The van der Waals surface area contributed by atoms with Gasteiger partial charge in [0.05, 0.1) is 0 Å². The minimum absolute atomic E-state index is 0.481. The van der Waals surface area contributed by atoms with Gasteiger partial charge in [-0.3, -0.25) is 0 Å². The first-order chi connectivity index (χ1) is 6.60. The third-order valence-corrected chi connectivity index (χ3v) is 2.51. The molecule has 0 unspecified atom stereocenters. The van der Waals surface area contributed by atoms with E-state index in [0.717, 1.165) is 0 Å². The van der Waals surface area contributed by atoms with Gasteiger partial charge in [0.25, 0.3) is 5.97 Å². The normalized spacial score (nSPS) is 11.6. The maximum Gasteiger partial charge on any atom is 0.312 e. The maximum absolute atomic E-state index is 10.4. The van der Waals surface area contributed by atoms with Crippen molar-refractivity contribution in [3.8, 4) is 0 Å². The molecule has 0 radical (unpaired) electrons. The number of carbonyl (C=O) groups is 1. The van der Waals surface area contributed by atoms with Gasteiger partial charge in [0.15, 0.2) is 10.5 Å². The molecule has 0 bridgehead atoms. The van der Waals surface area contributed by atoms with Gasteiger partial charge < -0.3 is 25.0 Å². The smallest absolute Gasteiger partial charge is 0.312 e. The standard InChI is InChI=1S/C7H18N2O4Si/c1-11-7(12-2,13-14)4-3-5-9-6(8)10/h3-5H2,1-2,14H3,(H3,8,9,10). The van der Waals surface area contributed by atoms with Crippen LogP contribution >= 0.6 is 0 Å². The van der Waals surface area contributed by atoms with E-state index >= 15 is 0 Å². The summed E-state index contributed by atoms with van der Waals surface area (Å²) >= 11 is 0. The number of hydrogen-bond acceptors (Lipinski definition) is 4. The van der Waals surface area contributed by atoms with Crippen LogP contribution in [0, 0.1) is 0 Å². The molecule has 0 atom stereocenters. The summed E-state index contributed by atoms with van der Waals surface area (Å²) in [5.41, 5.74) is 4.90. The van der Waals surface area contributed by atoms with Gasteiger partial charge in [-0.2, -0.15) is 0 Å². The van der Waals surface area contributed by atoms with Crippen molar-refractivity contribution >= 4 is 16.5 Å². The van der Waals surface area contributed by atoms with Crippen molar-refractivity contribution in [3.05, 3.63) is 0 Å². The molecule has 0 aliphatic carbocycles. The second-order valence-corrected chi connectivity index (χ2v) is 3.10. The second kappa shape index (κ2) is 6.77. The molecule has 0 aromatic carbocycles. The quantitative estimate of drug-likeness (QED) is 0.318. The van der Waals surface area contributed by atoms with E-state index in [1.54, 1.807) is 0 Å². The zero-order valence-corrected chi connectivity index (χ0v) is 10.8. The molecule has 0 heterocycles. The Hall–Kier alpha value is -0.633. The third kappa shape index (κ3) is 4.56. The Bertz CT molecular complexity index is 167. The number of carbonyl (C=O) groups excluding carboxylic acids is 1. The molecule has 0 aliphatic heterocycles. The number of methoxy groups -OCH3 is 2. The van der Waals surface area contributed by atoms with E-state index in [-0.39, 0.29) is 0 Å². The Labute approximate surface area is 86.6 Å². The summed E-state index contributed by atoms with van der Waals surface area (Å²) in [5.74, 6) is -0.967. The van der Waals surface area contributed by atoms with E-state index in [0.29, 0.717) is 29.9 Å². The summed E-state index contributed by atoms with van der Waals surface area (Å²) in [6, 6.07) is -0.530. The molecule has 0 spiro atoms. The molecule has 0 saturated heterocycles. The number of ether oxygens (including phenoxy) is 2. The monoisotopic (exact) mass is 222 g/mol. The minimum atomic E-state index is -0.967. The predicted molar refractivity (Wildman–Crippen MR) is 54.6 cm³/mol. The summed E-state index contributed by atoms with van der Waals surface area (Å²) in [6.07, 6.45) is 1.22. The Balaban J connectivity index is 3.77. The molecule has 14 heavy (non-hydrogen) atoms. The van der Waals surface area contributed by atoms with E-state index in [9.17, 15) is 4.79 Å². The summed E-state index contributed by atoms with van der Waals surface area (Å²) in [5, 5.41) is 2.47. The highest BCUT2D eigenvalue weighted by atomic mass is 28.2. The molecule has 0 fully saturated rings. The molecule has 0 aromatic rings. The van der Waals surface area contributed by atoms with Crippen LogP contribution in [-0.4, -0.2) is 43.3 Å². The van der Waals surface area contributed by atoms with Gasteiger partial charge in [-0.15, -0.1) is 0 Å². The summed E-state index contributed by atoms with van der Waals surface area (Å²) in [4.78, 5) is 10.4. The highest BCUT2D eigenvalue weighted by molar-refractivity contribution is 5.98. The second-order valence-electron chi connectivity index (χ2n) is 2.69. The molecule has 0 aliphatic rings. The molecular formula is C7H18N2O4Si. The number of rotatable bonds is 7. The van der Waals surface area contributed by atoms with E-state index in [4.69, 9.17) is 19.6 Å². The van der Waals surface area contributed by atoms with Crippen LogP contribution in [0.4, 0.5) is 4.79 Å². The topological polar surface area (TPSA) is 82.8 Å². The van der Waals surface area contributed by atoms with Gasteiger partial charge in [-0.25, -0.2) is 4.79 Å². The van der Waals surface area contributed by atoms with Crippen molar-refractivity contribution in [3.63, 3.8) is 0 Å². The largest absolute Gasteiger partial charge is 0.380 e. The Kier molecular flexibility index (Phi) is 6.46. The number of primary amides is 1. The molecule has 0 rings (SSSR count). The van der Waals surface area contributed by atoms with Crippen molar-refractivity contribution in [1.82, 2.24) is 5.32 Å². The van der Waals surface area contributed by atoms with E-state index in [1.807, 2.05) is 0 Å². The zero-order valence-electron chi connectivity index (χ0n) is 8.83. The first kappa shape index (κ1) is 13.4. The van der Waals surface area contributed by atoms with Crippen LogP contribution in [0.25, 0.3) is 0 Å². The van der Waals surface area contributed by atoms with Gasteiger partial charge in [0, 0.05) is 27.2 Å². The van der Waals surface area contributed by atoms with E-state index < -0.39 is 12.0 Å². The average Bonchev–Trinajstić information content (AvgIpc) is 2.19. The highest BCUT2D eigenvalue weighted by Crippen LogP contribution is 2.18. The number of nitrogens with one attached hydrogen (secondary N) is 1. The Morgan fingerprint density at radius 3 is 2.43 bits per heavy atom. The number of amides is 2. The van der Waals surface area contributed by atoms with Crippen LogP contribution in [0.2, 0.25) is 0 Å². The third-order valence-electron chi connectivity index (χ3n) is 1.89. The highest BCUT2D eigenvalue weighted by Gasteiger charge is 2.27. The lowest BCUT2D eigenvalue weighted by Gasteiger charge is -2.29. The molecule has 3 N–H and O–H groups in total. The molecule has 2 amide bonds. The first-order valence-corrected chi connectivity index (χ1v) is 5.10. The van der Waals surface area contributed by atoms with Gasteiger partial charge in [-0.05, 0) is 6.42 Å². The van der Waals surface area contributed by atoms with E-state index in [2.05, 4.69) is 5.32 Å². The van der Waals surface area contributed by atoms with Crippen molar-refractivity contribution in [2.45, 2.75) is 18.8 Å². The molecule has 7 heteroatoms. The molecule has 6 nitrogen and oxygen atoms in total. The fourth-order valence-electron chi connectivity index (χ4n) is 1.07. The van der Waals surface area contributed by atoms with Crippen LogP contribution < -0.4 is 11.1 Å². The maximum atomic E-state index is 10.4. The fraction of sp³-hybridized carbons (Fsp3) is 0.857. The van der Waals surface area contributed by atoms with Gasteiger partial charge in [0.2, 0.25) is 0 Å². The van der Waals surface area contributed by atoms with Crippen molar-refractivity contribution in [2.24, 2.45) is 5.73 Å². The van der Waals surface area contributed by atoms with Crippen molar-refractivity contribution < 1.29 is 18.7 Å². The summed E-state index contributed by atoms with van der Waals surface area (Å²) < 4.78 is 15.4. The molecule has 0 saturated carbocycles. The lowest BCUT2D eigenvalue weighted by atomic mass is 10.2. The number of hydrogen-bond donors (Lipinski definition) is 2. The zero-order chi connectivity index (χ0) is 11.0. The van der Waals surface area contributed by atoms with Crippen LogP contribution in [-0.2, 0) is 13.9 Å². The Morgan fingerprint density at radius 1 is 1.50 bits per heavy atom. The van der Waals surface area contributed by atoms with Crippen LogP contribution in [0.5, 0.6) is 0 Å². The molecule has 0 aromatic heterocycles. The number of nitrogens with two attached hydrogens (primary N) is 1. The SMILES string of the molecule is COC(CCCNC(N)=O)(OC)O[SiH3]. The van der Waals surface area contributed by atoms with Crippen LogP contribution in [0.3, 0.4) is 0 Å². The van der Waals surface area contributed by atoms with Gasteiger partial charge in [-0.1, -0.05) is 0 Å². The molecule has 84 valence electrons. The fourth-order valence-corrected chi connectivity index (χ4v) is 1.61. The molecular weight excluding hydrogens is 204 g/mol. The van der Waals surface area contributed by atoms with E-state index in [1.165, 1.54) is 14.2 Å². The predicted octanol–water partition coefficient (Wildman–Crippen LogP) is -1.32. The van der Waals surface area contributed by atoms with Crippen molar-refractivity contribution in [2.75, 3.05) is 20.8 Å². The minimum Gasteiger partial charge on any atom is -0.380 e. The van der Waals surface area contributed by atoms with Crippen LogP contribution in [0.1, 0.15) is 12.8 Å². The van der Waals surface area contributed by atoms with Crippen molar-refractivity contribution in [1.29, 1.82) is 0 Å².